The highest BCUT2D eigenvalue weighted by Gasteiger charge is 2.32. The lowest BCUT2D eigenvalue weighted by atomic mass is 10.0. The second-order valence-electron chi connectivity index (χ2n) is 6.56. The number of nitrogens with zero attached hydrogens (tertiary/aromatic N) is 2. The Balaban J connectivity index is 2.32. The van der Waals surface area contributed by atoms with Crippen LogP contribution in [0.15, 0.2) is 29.1 Å². The van der Waals surface area contributed by atoms with E-state index in [2.05, 4.69) is 15.3 Å². The number of amides is 2. The second-order valence-corrected chi connectivity index (χ2v) is 6.56. The molecule has 0 saturated heterocycles. The minimum atomic E-state index is -1.02. The molecule has 0 aliphatic carbocycles. The lowest BCUT2D eigenvalue weighted by molar-refractivity contribution is -0.132. The number of aromatic nitrogens is 2. The van der Waals surface area contributed by atoms with Crippen molar-refractivity contribution in [2.45, 2.75) is 32.9 Å². The van der Waals surface area contributed by atoms with Gasteiger partial charge >= 0.3 is 0 Å². The summed E-state index contributed by atoms with van der Waals surface area (Å²) in [6.45, 7) is 4.70. The van der Waals surface area contributed by atoms with Crippen LogP contribution in [-0.2, 0) is 16.9 Å². The molecule has 1 aromatic heterocycles. The summed E-state index contributed by atoms with van der Waals surface area (Å²) in [6.07, 6.45) is 0. The number of carbonyl (C=O) groups excluding carboxylic acids is 2. The molecule has 0 bridgehead atoms. The Morgan fingerprint density at radius 3 is 2.44 bits per heavy atom. The summed E-state index contributed by atoms with van der Waals surface area (Å²) < 4.78 is 12.9. The van der Waals surface area contributed by atoms with E-state index in [-0.39, 0.29) is 18.3 Å². The highest BCUT2D eigenvalue weighted by Crippen LogP contribution is 2.24. The third-order valence-corrected chi connectivity index (χ3v) is 4.37. The maximum atomic E-state index is 12.9. The minimum absolute atomic E-state index is 0.0509. The van der Waals surface area contributed by atoms with E-state index in [1.54, 1.807) is 13.8 Å². The van der Waals surface area contributed by atoms with Gasteiger partial charge in [-0.1, -0.05) is 12.1 Å². The van der Waals surface area contributed by atoms with Crippen molar-refractivity contribution >= 4 is 11.8 Å². The van der Waals surface area contributed by atoms with Crippen LogP contribution < -0.4 is 10.9 Å². The van der Waals surface area contributed by atoms with Gasteiger partial charge in [-0.2, -0.15) is 0 Å². The molecule has 0 saturated carbocycles. The summed E-state index contributed by atoms with van der Waals surface area (Å²) in [5.41, 5.74) is -1.74. The predicted molar refractivity (Wildman–Crippen MR) is 95.6 cm³/mol. The van der Waals surface area contributed by atoms with Crippen molar-refractivity contribution in [1.82, 2.24) is 20.2 Å². The molecule has 0 aliphatic heterocycles. The van der Waals surface area contributed by atoms with Gasteiger partial charge in [0.1, 0.15) is 11.6 Å². The molecule has 9 heteroatoms. The zero-order valence-electron chi connectivity index (χ0n) is 15.5. The monoisotopic (exact) mass is 376 g/mol. The second kappa shape index (κ2) is 7.56. The van der Waals surface area contributed by atoms with Gasteiger partial charge in [0.15, 0.2) is 5.69 Å². The maximum absolute atomic E-state index is 12.9. The third-order valence-electron chi connectivity index (χ3n) is 4.37. The smallest absolute Gasteiger partial charge is 0.294 e. The highest BCUT2D eigenvalue weighted by molar-refractivity contribution is 5.94. The highest BCUT2D eigenvalue weighted by atomic mass is 19.1. The molecule has 0 spiro atoms. The number of carbonyl (C=O) groups is 2. The predicted octanol–water partition coefficient (Wildman–Crippen LogP) is 1.26. The molecule has 2 rings (SSSR count). The van der Waals surface area contributed by atoms with Crippen LogP contribution in [0.25, 0.3) is 0 Å². The Hall–Kier alpha value is -3.23. The average molecular weight is 376 g/mol. The molecule has 0 unspecified atom stereocenters. The molecule has 1 aromatic carbocycles. The molecule has 0 fully saturated rings. The molecule has 0 aliphatic rings. The van der Waals surface area contributed by atoms with Gasteiger partial charge in [0.05, 0.1) is 5.54 Å². The molecule has 2 amide bonds. The number of nitrogens with one attached hydrogen (secondary N) is 2. The largest absolute Gasteiger partial charge is 0.501 e. The van der Waals surface area contributed by atoms with Crippen molar-refractivity contribution in [1.29, 1.82) is 0 Å². The van der Waals surface area contributed by atoms with E-state index in [0.29, 0.717) is 5.56 Å². The van der Waals surface area contributed by atoms with E-state index < -0.39 is 34.3 Å². The summed E-state index contributed by atoms with van der Waals surface area (Å²) in [5.74, 6) is -2.21. The fraction of sp³-hybridized carbons (Fsp3) is 0.333. The van der Waals surface area contributed by atoms with E-state index in [1.165, 1.54) is 43.1 Å². The molecule has 0 radical (unpaired) electrons. The lowest BCUT2D eigenvalue weighted by Crippen LogP contribution is -2.44. The Labute approximate surface area is 155 Å². The van der Waals surface area contributed by atoms with Crippen molar-refractivity contribution in [2.75, 3.05) is 7.05 Å². The van der Waals surface area contributed by atoms with Crippen molar-refractivity contribution in [2.24, 2.45) is 0 Å². The summed E-state index contributed by atoms with van der Waals surface area (Å²) in [5, 5.41) is 12.5. The number of hydrogen-bond acceptors (Lipinski definition) is 5. The first kappa shape index (κ1) is 20.1. The fourth-order valence-electron chi connectivity index (χ4n) is 2.34. The molecular formula is C18H21FN4O4. The summed E-state index contributed by atoms with van der Waals surface area (Å²) in [6, 6.07) is 5.50. The molecular weight excluding hydrogens is 355 g/mol. The number of H-pyrrole nitrogens is 1. The van der Waals surface area contributed by atoms with Crippen LogP contribution in [0.2, 0.25) is 0 Å². The van der Waals surface area contributed by atoms with Crippen LogP contribution >= 0.6 is 0 Å². The van der Waals surface area contributed by atoms with Gasteiger partial charge in [0.2, 0.25) is 11.7 Å². The van der Waals surface area contributed by atoms with Gasteiger partial charge < -0.3 is 20.3 Å². The van der Waals surface area contributed by atoms with Gasteiger partial charge in [-0.05, 0) is 31.5 Å². The normalized spacial score (nSPS) is 11.1. The molecule has 144 valence electrons. The Bertz CT molecular complexity index is 922. The molecule has 0 atom stereocenters. The van der Waals surface area contributed by atoms with Crippen molar-refractivity contribution in [3.8, 4) is 5.75 Å². The number of benzene rings is 1. The van der Waals surface area contributed by atoms with Gasteiger partial charge in [-0.15, -0.1) is 0 Å². The van der Waals surface area contributed by atoms with Gasteiger partial charge in [-0.3, -0.25) is 14.4 Å². The average Bonchev–Trinajstić information content (AvgIpc) is 2.62. The van der Waals surface area contributed by atoms with Crippen LogP contribution in [0.5, 0.6) is 5.75 Å². The van der Waals surface area contributed by atoms with E-state index in [0.717, 1.165) is 0 Å². The molecule has 8 nitrogen and oxygen atoms in total. The number of hydrogen-bond donors (Lipinski definition) is 3. The van der Waals surface area contributed by atoms with Crippen LogP contribution in [0.3, 0.4) is 0 Å². The molecule has 1 heterocycles. The van der Waals surface area contributed by atoms with Crippen LogP contribution in [0, 0.1) is 5.82 Å². The summed E-state index contributed by atoms with van der Waals surface area (Å²) in [4.78, 5) is 43.9. The maximum Gasteiger partial charge on any atom is 0.294 e. The minimum Gasteiger partial charge on any atom is -0.501 e. The Morgan fingerprint density at radius 1 is 1.30 bits per heavy atom. The van der Waals surface area contributed by atoms with Crippen molar-refractivity contribution in [3.63, 3.8) is 0 Å². The van der Waals surface area contributed by atoms with Crippen LogP contribution in [-0.4, -0.2) is 38.8 Å². The first-order valence-corrected chi connectivity index (χ1v) is 8.15. The molecule has 2 aromatic rings. The van der Waals surface area contributed by atoms with E-state index in [1.807, 2.05) is 0 Å². The zero-order valence-corrected chi connectivity index (χ0v) is 15.5. The Kier molecular flexibility index (Phi) is 5.63. The summed E-state index contributed by atoms with van der Waals surface area (Å²) in [7, 11) is 1.53. The van der Waals surface area contributed by atoms with E-state index in [4.69, 9.17) is 0 Å². The third kappa shape index (κ3) is 4.30. The van der Waals surface area contributed by atoms with Crippen molar-refractivity contribution in [3.05, 3.63) is 57.5 Å². The molecule has 3 N–H and O–H groups in total. The Morgan fingerprint density at radius 2 is 1.89 bits per heavy atom. The number of rotatable bonds is 5. The van der Waals surface area contributed by atoms with Crippen molar-refractivity contribution < 1.29 is 19.1 Å². The van der Waals surface area contributed by atoms with Crippen LogP contribution in [0.4, 0.5) is 4.39 Å². The van der Waals surface area contributed by atoms with Crippen LogP contribution in [0.1, 0.15) is 42.6 Å². The van der Waals surface area contributed by atoms with Gasteiger partial charge in [0, 0.05) is 20.5 Å². The van der Waals surface area contributed by atoms with Gasteiger partial charge in [0.25, 0.3) is 11.5 Å². The first-order chi connectivity index (χ1) is 12.5. The number of aromatic amines is 1. The van der Waals surface area contributed by atoms with E-state index in [9.17, 15) is 23.9 Å². The van der Waals surface area contributed by atoms with E-state index >= 15 is 0 Å². The lowest BCUT2D eigenvalue weighted by Gasteiger charge is -2.34. The zero-order chi connectivity index (χ0) is 20.4. The SMILES string of the molecule is CC(=O)N(C)C(C)(C)c1nc(C(=O)NCc2ccc(F)cc2)c(O)c(=O)[nH]1. The number of halogens is 1. The topological polar surface area (TPSA) is 115 Å². The standard InChI is InChI=1S/C18H21FN4O4/c1-10(24)23(4)18(2,3)17-21-13(14(25)16(27)22-17)15(26)20-9-11-5-7-12(19)8-6-11/h5-8,25H,9H2,1-4H3,(H,20,26)(H,21,22,27). The fourth-order valence-corrected chi connectivity index (χ4v) is 2.34. The molecule has 27 heavy (non-hydrogen) atoms. The van der Waals surface area contributed by atoms with Gasteiger partial charge in [-0.25, -0.2) is 9.37 Å². The number of aromatic hydroxyl groups is 1. The quantitative estimate of drug-likeness (QED) is 0.727. The summed E-state index contributed by atoms with van der Waals surface area (Å²) >= 11 is 0. The first-order valence-electron chi connectivity index (χ1n) is 8.15.